The molecule has 7 nitrogen and oxygen atoms in total. The van der Waals surface area contributed by atoms with E-state index >= 15 is 0 Å². The van der Waals surface area contributed by atoms with E-state index < -0.39 is 12.1 Å². The van der Waals surface area contributed by atoms with Gasteiger partial charge >= 0.3 is 12.1 Å². The van der Waals surface area contributed by atoms with E-state index in [1.165, 1.54) is 0 Å². The van der Waals surface area contributed by atoms with Crippen LogP contribution in [0.2, 0.25) is 0 Å². The number of likely N-dealkylation sites (tertiary alicyclic amines) is 1. The van der Waals surface area contributed by atoms with Gasteiger partial charge < -0.3 is 19.5 Å². The minimum absolute atomic E-state index is 0.174. The number of fused-ring (bicyclic) bond motifs is 1. The summed E-state index contributed by atoms with van der Waals surface area (Å²) in [4.78, 5) is 26.3. The number of hydrogen-bond donors (Lipinski definition) is 1. The Bertz CT molecular complexity index is 710. The van der Waals surface area contributed by atoms with Crippen molar-refractivity contribution in [3.05, 3.63) is 22.4 Å². The molecule has 3 fully saturated rings. The Balaban J connectivity index is 0.000000318. The van der Waals surface area contributed by atoms with E-state index in [1.807, 2.05) is 11.4 Å². The molecule has 1 amide bonds. The summed E-state index contributed by atoms with van der Waals surface area (Å²) in [6.45, 7) is 5.11. The van der Waals surface area contributed by atoms with Crippen LogP contribution in [0, 0.1) is 0 Å². The van der Waals surface area contributed by atoms with Gasteiger partial charge in [0.25, 0.3) is 0 Å². The largest absolute Gasteiger partial charge is 0.490 e. The summed E-state index contributed by atoms with van der Waals surface area (Å²) in [7, 11) is 0. The molecule has 3 aliphatic heterocycles. The molecule has 3 atom stereocenters. The van der Waals surface area contributed by atoms with Crippen molar-refractivity contribution in [1.82, 2.24) is 9.80 Å². The monoisotopic (exact) mass is 450 g/mol. The number of carboxylic acids is 1. The average molecular weight is 450 g/mol. The minimum Gasteiger partial charge on any atom is -0.475 e. The van der Waals surface area contributed by atoms with Gasteiger partial charge in [-0.05, 0) is 35.2 Å². The zero-order valence-corrected chi connectivity index (χ0v) is 17.2. The summed E-state index contributed by atoms with van der Waals surface area (Å²) >= 11 is 1.65. The van der Waals surface area contributed by atoms with E-state index in [4.69, 9.17) is 19.4 Å². The highest BCUT2D eigenvalue weighted by atomic mass is 32.1. The molecule has 0 aromatic carbocycles. The number of ether oxygens (including phenoxy) is 2. The Morgan fingerprint density at radius 3 is 2.50 bits per heavy atom. The third-order valence-corrected chi connectivity index (χ3v) is 6.24. The van der Waals surface area contributed by atoms with E-state index in [2.05, 4.69) is 15.2 Å². The van der Waals surface area contributed by atoms with Gasteiger partial charge in [-0.15, -0.1) is 0 Å². The van der Waals surface area contributed by atoms with E-state index in [0.717, 1.165) is 57.9 Å². The van der Waals surface area contributed by atoms with Crippen LogP contribution >= 0.6 is 11.3 Å². The van der Waals surface area contributed by atoms with Gasteiger partial charge in [0, 0.05) is 26.2 Å². The number of halogens is 3. The summed E-state index contributed by atoms with van der Waals surface area (Å²) in [6, 6.07) is 2.63. The van der Waals surface area contributed by atoms with E-state index in [1.54, 1.807) is 11.3 Å². The van der Waals surface area contributed by atoms with Gasteiger partial charge in [0.05, 0.1) is 37.8 Å². The number of morpholine rings is 1. The van der Waals surface area contributed by atoms with Crippen LogP contribution in [0.25, 0.3) is 0 Å². The molecule has 3 saturated heterocycles. The number of rotatable bonds is 3. The number of aliphatic carboxylic acids is 1. The number of carbonyl (C=O) groups is 2. The lowest BCUT2D eigenvalue weighted by molar-refractivity contribution is -0.192. The second kappa shape index (κ2) is 10.1. The molecule has 1 aromatic rings. The Labute approximate surface area is 176 Å². The predicted octanol–water partition coefficient (Wildman–Crippen LogP) is 2.01. The van der Waals surface area contributed by atoms with Crippen molar-refractivity contribution in [2.45, 2.75) is 43.6 Å². The van der Waals surface area contributed by atoms with Crippen LogP contribution in [-0.4, -0.2) is 90.6 Å². The maximum atomic E-state index is 12.8. The Kier molecular flexibility index (Phi) is 7.72. The first-order valence-corrected chi connectivity index (χ1v) is 10.8. The zero-order chi connectivity index (χ0) is 21.7. The molecule has 168 valence electrons. The first-order valence-electron chi connectivity index (χ1n) is 9.81. The fourth-order valence-corrected chi connectivity index (χ4v) is 4.79. The lowest BCUT2D eigenvalue weighted by Gasteiger charge is -2.37. The first-order chi connectivity index (χ1) is 14.3. The van der Waals surface area contributed by atoms with Crippen molar-refractivity contribution in [3.8, 4) is 0 Å². The number of nitrogens with zero attached hydrogens (tertiary/aromatic N) is 2. The number of carboxylic acid groups (broad SMARTS) is 1. The number of thiophene rings is 1. The Morgan fingerprint density at radius 2 is 1.90 bits per heavy atom. The molecule has 0 saturated carbocycles. The molecular formula is C19H25F3N2O5S. The van der Waals surface area contributed by atoms with Crippen molar-refractivity contribution in [2.75, 3.05) is 39.5 Å². The van der Waals surface area contributed by atoms with Crippen LogP contribution in [-0.2, 0) is 25.5 Å². The van der Waals surface area contributed by atoms with Gasteiger partial charge in [0.1, 0.15) is 0 Å². The normalized spacial score (nSPS) is 27.2. The number of carbonyl (C=O) groups excluding carboxylic acids is 1. The van der Waals surface area contributed by atoms with Crippen molar-refractivity contribution in [2.24, 2.45) is 0 Å². The molecule has 1 aromatic heterocycles. The van der Waals surface area contributed by atoms with E-state index in [0.29, 0.717) is 12.5 Å². The van der Waals surface area contributed by atoms with Gasteiger partial charge in [-0.1, -0.05) is 0 Å². The fraction of sp³-hybridized carbons (Fsp3) is 0.684. The fourth-order valence-electron chi connectivity index (χ4n) is 4.12. The van der Waals surface area contributed by atoms with Crippen LogP contribution in [0.1, 0.15) is 18.4 Å². The standard InChI is InChI=1S/C17H24N2O3S.C2HF3O2/c20-16(10-13-3-9-23-12-13)19-11-15(18-4-7-21-8-5-18)17-14(19)2-1-6-22-17;3-2(4,5)1(6)7/h3,9,12,14-15,17H,1-2,4-8,10-11H2;(H,6,7)/t14-,15-,17+;/m0./s1. The molecule has 4 rings (SSSR count). The summed E-state index contributed by atoms with van der Waals surface area (Å²) in [6.07, 6.45) is -2.27. The van der Waals surface area contributed by atoms with Crippen LogP contribution in [0.4, 0.5) is 13.2 Å². The van der Waals surface area contributed by atoms with Crippen LogP contribution in [0.15, 0.2) is 16.8 Å². The second-order valence-corrected chi connectivity index (χ2v) is 8.20. The Hall–Kier alpha value is -1.69. The van der Waals surface area contributed by atoms with Gasteiger partial charge in [-0.2, -0.15) is 24.5 Å². The molecule has 0 unspecified atom stereocenters. The highest BCUT2D eigenvalue weighted by Gasteiger charge is 2.48. The summed E-state index contributed by atoms with van der Waals surface area (Å²) in [5.41, 5.74) is 1.13. The van der Waals surface area contributed by atoms with Gasteiger partial charge in [0.2, 0.25) is 5.91 Å². The molecule has 4 heterocycles. The third-order valence-electron chi connectivity index (χ3n) is 5.51. The average Bonchev–Trinajstić information content (AvgIpc) is 3.36. The van der Waals surface area contributed by atoms with Gasteiger partial charge in [0.15, 0.2) is 0 Å². The molecule has 1 N–H and O–H groups in total. The zero-order valence-electron chi connectivity index (χ0n) is 16.3. The Morgan fingerprint density at radius 1 is 1.20 bits per heavy atom. The summed E-state index contributed by atoms with van der Waals surface area (Å²) in [5.74, 6) is -2.51. The van der Waals surface area contributed by atoms with Crippen molar-refractivity contribution in [3.63, 3.8) is 0 Å². The maximum absolute atomic E-state index is 12.8. The molecule has 0 radical (unpaired) electrons. The second-order valence-electron chi connectivity index (χ2n) is 7.42. The highest BCUT2D eigenvalue weighted by molar-refractivity contribution is 7.08. The molecular weight excluding hydrogens is 425 g/mol. The van der Waals surface area contributed by atoms with Crippen molar-refractivity contribution >= 4 is 23.2 Å². The molecule has 11 heteroatoms. The number of hydrogen-bond acceptors (Lipinski definition) is 6. The topological polar surface area (TPSA) is 79.3 Å². The van der Waals surface area contributed by atoms with Crippen molar-refractivity contribution in [1.29, 1.82) is 0 Å². The summed E-state index contributed by atoms with van der Waals surface area (Å²) < 4.78 is 43.3. The molecule has 0 spiro atoms. The first kappa shape index (κ1) is 23.0. The van der Waals surface area contributed by atoms with E-state index in [9.17, 15) is 18.0 Å². The third kappa shape index (κ3) is 5.71. The minimum atomic E-state index is -5.08. The lowest BCUT2D eigenvalue weighted by Crippen LogP contribution is -2.51. The SMILES string of the molecule is O=C(Cc1ccsc1)N1C[C@H](N2CCOCC2)[C@@H]2OCCC[C@@H]21.O=C(O)C(F)(F)F. The molecule has 30 heavy (non-hydrogen) atoms. The number of alkyl halides is 3. The van der Waals surface area contributed by atoms with Crippen LogP contribution in [0.5, 0.6) is 0 Å². The van der Waals surface area contributed by atoms with Gasteiger partial charge in [-0.3, -0.25) is 9.69 Å². The molecule has 3 aliphatic rings. The quantitative estimate of drug-likeness (QED) is 0.759. The van der Waals surface area contributed by atoms with Crippen LogP contribution < -0.4 is 0 Å². The van der Waals surface area contributed by atoms with E-state index in [-0.39, 0.29) is 18.1 Å². The lowest BCUT2D eigenvalue weighted by atomic mass is 9.99. The highest BCUT2D eigenvalue weighted by Crippen LogP contribution is 2.32. The predicted molar refractivity (Wildman–Crippen MR) is 102 cm³/mol. The smallest absolute Gasteiger partial charge is 0.475 e. The number of amides is 1. The maximum Gasteiger partial charge on any atom is 0.490 e. The molecule has 0 aliphatic carbocycles. The molecule has 0 bridgehead atoms. The summed E-state index contributed by atoms with van der Waals surface area (Å²) in [5, 5.41) is 11.2. The van der Waals surface area contributed by atoms with Gasteiger partial charge in [-0.25, -0.2) is 4.79 Å². The van der Waals surface area contributed by atoms with Crippen molar-refractivity contribution < 1.29 is 37.3 Å². The van der Waals surface area contributed by atoms with Crippen LogP contribution in [0.3, 0.4) is 0 Å².